The SMILES string of the molecule is [CH2]c1ccc(C(C)(C)CC)cc1. The van der Waals surface area contributed by atoms with E-state index >= 15 is 0 Å². The largest absolute Gasteiger partial charge is 0.0646 e. The summed E-state index contributed by atoms with van der Waals surface area (Å²) >= 11 is 0. The summed E-state index contributed by atoms with van der Waals surface area (Å²) < 4.78 is 0. The summed E-state index contributed by atoms with van der Waals surface area (Å²) in [5, 5.41) is 0. The summed E-state index contributed by atoms with van der Waals surface area (Å²) in [6.45, 7) is 10.6. The minimum Gasteiger partial charge on any atom is -0.0646 e. The van der Waals surface area contributed by atoms with Crippen molar-refractivity contribution in [1.29, 1.82) is 0 Å². The Balaban J connectivity index is 2.96. The van der Waals surface area contributed by atoms with Crippen LogP contribution in [0.2, 0.25) is 0 Å². The Morgan fingerprint density at radius 3 is 2.08 bits per heavy atom. The fourth-order valence-electron chi connectivity index (χ4n) is 1.16. The van der Waals surface area contributed by atoms with Crippen molar-refractivity contribution in [3.05, 3.63) is 42.3 Å². The smallest absolute Gasteiger partial charge is 0.0106 e. The first-order chi connectivity index (χ1) is 5.56. The van der Waals surface area contributed by atoms with Gasteiger partial charge in [-0.25, -0.2) is 0 Å². The molecule has 1 rings (SSSR count). The zero-order valence-electron chi connectivity index (χ0n) is 8.22. The van der Waals surface area contributed by atoms with Crippen LogP contribution in [0, 0.1) is 6.92 Å². The van der Waals surface area contributed by atoms with E-state index in [1.165, 1.54) is 12.0 Å². The molecule has 0 bridgehead atoms. The summed E-state index contributed by atoms with van der Waals surface area (Å²) in [6.07, 6.45) is 1.17. The summed E-state index contributed by atoms with van der Waals surface area (Å²) in [5.74, 6) is 0. The van der Waals surface area contributed by atoms with E-state index in [9.17, 15) is 0 Å². The molecule has 0 nitrogen and oxygen atoms in total. The van der Waals surface area contributed by atoms with Crippen LogP contribution in [0.5, 0.6) is 0 Å². The number of hydrogen-bond acceptors (Lipinski definition) is 0. The van der Waals surface area contributed by atoms with Gasteiger partial charge in [0.2, 0.25) is 0 Å². The predicted molar refractivity (Wildman–Crippen MR) is 54.2 cm³/mol. The first kappa shape index (κ1) is 9.31. The molecule has 65 valence electrons. The third-order valence-corrected chi connectivity index (χ3v) is 2.62. The summed E-state index contributed by atoms with van der Waals surface area (Å²) in [4.78, 5) is 0. The van der Waals surface area contributed by atoms with E-state index in [0.29, 0.717) is 5.41 Å². The van der Waals surface area contributed by atoms with Gasteiger partial charge in [0.1, 0.15) is 0 Å². The van der Waals surface area contributed by atoms with Crippen LogP contribution in [0.15, 0.2) is 24.3 Å². The topological polar surface area (TPSA) is 0 Å². The lowest BCUT2D eigenvalue weighted by Crippen LogP contribution is -2.14. The molecule has 0 aliphatic rings. The van der Waals surface area contributed by atoms with Gasteiger partial charge in [-0.1, -0.05) is 45.0 Å². The molecule has 12 heavy (non-hydrogen) atoms. The van der Waals surface area contributed by atoms with Gasteiger partial charge in [-0.3, -0.25) is 0 Å². The zero-order chi connectivity index (χ0) is 9.19. The quantitative estimate of drug-likeness (QED) is 0.622. The second-order valence-corrected chi connectivity index (χ2v) is 3.93. The van der Waals surface area contributed by atoms with Crippen molar-refractivity contribution < 1.29 is 0 Å². The Labute approximate surface area is 75.6 Å². The van der Waals surface area contributed by atoms with E-state index in [0.717, 1.165) is 5.56 Å². The highest BCUT2D eigenvalue weighted by Gasteiger charge is 2.16. The third-order valence-electron chi connectivity index (χ3n) is 2.62. The number of rotatable bonds is 2. The Morgan fingerprint density at radius 1 is 1.17 bits per heavy atom. The third kappa shape index (κ3) is 1.88. The molecule has 0 aliphatic carbocycles. The average molecular weight is 161 g/mol. The van der Waals surface area contributed by atoms with Crippen molar-refractivity contribution in [3.63, 3.8) is 0 Å². The molecule has 0 aliphatic heterocycles. The molecule has 1 radical (unpaired) electrons. The second-order valence-electron chi connectivity index (χ2n) is 3.93. The van der Waals surface area contributed by atoms with Gasteiger partial charge in [-0.15, -0.1) is 0 Å². The van der Waals surface area contributed by atoms with E-state index in [4.69, 9.17) is 0 Å². The lowest BCUT2D eigenvalue weighted by Gasteiger charge is -2.23. The van der Waals surface area contributed by atoms with Crippen LogP contribution in [0.4, 0.5) is 0 Å². The van der Waals surface area contributed by atoms with E-state index in [-0.39, 0.29) is 0 Å². The molecule has 0 saturated carbocycles. The Hall–Kier alpha value is -0.780. The van der Waals surface area contributed by atoms with Crippen molar-refractivity contribution in [2.45, 2.75) is 32.6 Å². The highest BCUT2D eigenvalue weighted by Crippen LogP contribution is 2.26. The maximum Gasteiger partial charge on any atom is -0.0106 e. The molecule has 0 saturated heterocycles. The fourth-order valence-corrected chi connectivity index (χ4v) is 1.16. The van der Waals surface area contributed by atoms with Gasteiger partial charge in [0.05, 0.1) is 0 Å². The molecule has 0 atom stereocenters. The lowest BCUT2D eigenvalue weighted by molar-refractivity contribution is 0.506. The van der Waals surface area contributed by atoms with Gasteiger partial charge in [0, 0.05) is 0 Å². The summed E-state index contributed by atoms with van der Waals surface area (Å²) in [5.41, 5.74) is 2.79. The van der Waals surface area contributed by atoms with Gasteiger partial charge in [0.25, 0.3) is 0 Å². The van der Waals surface area contributed by atoms with Crippen LogP contribution in [0.1, 0.15) is 38.3 Å². The maximum absolute atomic E-state index is 3.87. The van der Waals surface area contributed by atoms with Crippen molar-refractivity contribution in [3.8, 4) is 0 Å². The van der Waals surface area contributed by atoms with Crippen LogP contribution in [-0.2, 0) is 5.41 Å². The summed E-state index contributed by atoms with van der Waals surface area (Å²) in [6, 6.07) is 8.50. The highest BCUT2D eigenvalue weighted by atomic mass is 14.2. The molecular formula is C12H17. The van der Waals surface area contributed by atoms with E-state index in [2.05, 4.69) is 52.0 Å². The van der Waals surface area contributed by atoms with Gasteiger partial charge in [-0.2, -0.15) is 0 Å². The van der Waals surface area contributed by atoms with Crippen molar-refractivity contribution in [2.75, 3.05) is 0 Å². The molecule has 1 aromatic carbocycles. The maximum atomic E-state index is 3.87. The Kier molecular flexibility index (Phi) is 2.56. The second kappa shape index (κ2) is 3.30. The minimum absolute atomic E-state index is 0.299. The zero-order valence-corrected chi connectivity index (χ0v) is 8.22. The van der Waals surface area contributed by atoms with Crippen molar-refractivity contribution in [2.24, 2.45) is 0 Å². The van der Waals surface area contributed by atoms with Crippen LogP contribution in [0.3, 0.4) is 0 Å². The van der Waals surface area contributed by atoms with E-state index < -0.39 is 0 Å². The Morgan fingerprint density at radius 2 is 1.67 bits per heavy atom. The number of hydrogen-bond donors (Lipinski definition) is 0. The standard InChI is InChI=1S/C12H17/c1-5-12(3,4)11-8-6-10(2)7-9-11/h6-9H,2,5H2,1,3-4H3. The van der Waals surface area contributed by atoms with Crippen LogP contribution in [0.25, 0.3) is 0 Å². The molecule has 0 fully saturated rings. The number of benzene rings is 1. The molecule has 0 N–H and O–H groups in total. The van der Waals surface area contributed by atoms with Crippen molar-refractivity contribution >= 4 is 0 Å². The van der Waals surface area contributed by atoms with Crippen LogP contribution >= 0.6 is 0 Å². The van der Waals surface area contributed by atoms with Gasteiger partial charge in [0.15, 0.2) is 0 Å². The minimum atomic E-state index is 0.299. The van der Waals surface area contributed by atoms with Crippen LogP contribution in [-0.4, -0.2) is 0 Å². The fraction of sp³-hybridized carbons (Fsp3) is 0.417. The monoisotopic (exact) mass is 161 g/mol. The first-order valence-electron chi connectivity index (χ1n) is 4.49. The molecular weight excluding hydrogens is 144 g/mol. The van der Waals surface area contributed by atoms with Gasteiger partial charge in [-0.05, 0) is 29.9 Å². The normalized spacial score (nSPS) is 11.7. The van der Waals surface area contributed by atoms with Crippen LogP contribution < -0.4 is 0 Å². The molecule has 0 aromatic heterocycles. The Bertz CT molecular complexity index is 241. The average Bonchev–Trinajstić information content (AvgIpc) is 2.05. The van der Waals surface area contributed by atoms with Crippen molar-refractivity contribution in [1.82, 2.24) is 0 Å². The first-order valence-corrected chi connectivity index (χ1v) is 4.49. The molecule has 0 amide bonds. The predicted octanol–water partition coefficient (Wildman–Crippen LogP) is 3.56. The highest BCUT2D eigenvalue weighted by molar-refractivity contribution is 5.29. The van der Waals surface area contributed by atoms with E-state index in [1.54, 1.807) is 0 Å². The van der Waals surface area contributed by atoms with Gasteiger partial charge >= 0.3 is 0 Å². The van der Waals surface area contributed by atoms with Gasteiger partial charge < -0.3 is 0 Å². The molecule has 0 heterocycles. The molecule has 1 aromatic rings. The lowest BCUT2D eigenvalue weighted by atomic mass is 9.82. The molecule has 0 spiro atoms. The molecule has 0 heteroatoms. The molecule has 0 unspecified atom stereocenters. The summed E-state index contributed by atoms with van der Waals surface area (Å²) in [7, 11) is 0. The van der Waals surface area contributed by atoms with E-state index in [1.807, 2.05) is 0 Å².